The van der Waals surface area contributed by atoms with E-state index in [1.807, 2.05) is 0 Å². The summed E-state index contributed by atoms with van der Waals surface area (Å²) in [6.45, 7) is 4.16. The lowest BCUT2D eigenvalue weighted by Crippen LogP contribution is -2.45. The Labute approximate surface area is 99.4 Å². The summed E-state index contributed by atoms with van der Waals surface area (Å²) in [5.41, 5.74) is 0.260. The van der Waals surface area contributed by atoms with Crippen LogP contribution in [0.2, 0.25) is 0 Å². The van der Waals surface area contributed by atoms with Gasteiger partial charge in [0.2, 0.25) is 0 Å². The zero-order chi connectivity index (χ0) is 11.3. The second-order valence-corrected chi connectivity index (χ2v) is 5.24. The van der Waals surface area contributed by atoms with E-state index in [0.717, 1.165) is 19.6 Å². The quantitative estimate of drug-likeness (QED) is 0.584. The molecule has 0 radical (unpaired) electrons. The van der Waals surface area contributed by atoms with Crippen molar-refractivity contribution in [1.82, 2.24) is 5.32 Å². The summed E-state index contributed by atoms with van der Waals surface area (Å²) < 4.78 is 6.03. The Morgan fingerprint density at radius 2 is 2.19 bits per heavy atom. The lowest BCUT2D eigenvalue weighted by molar-refractivity contribution is -0.0834. The van der Waals surface area contributed by atoms with Gasteiger partial charge in [-0.3, -0.25) is 0 Å². The van der Waals surface area contributed by atoms with Gasteiger partial charge in [-0.25, -0.2) is 0 Å². The van der Waals surface area contributed by atoms with Crippen LogP contribution in [0.5, 0.6) is 0 Å². The molecule has 1 N–H and O–H groups in total. The zero-order valence-electron chi connectivity index (χ0n) is 10.5. The fourth-order valence-electron chi connectivity index (χ4n) is 3.11. The fourth-order valence-corrected chi connectivity index (χ4v) is 3.11. The molecule has 0 amide bonds. The summed E-state index contributed by atoms with van der Waals surface area (Å²) in [6, 6.07) is 0.692. The molecule has 1 aliphatic carbocycles. The summed E-state index contributed by atoms with van der Waals surface area (Å²) in [5, 5.41) is 3.68. The van der Waals surface area contributed by atoms with Crippen molar-refractivity contribution in [2.24, 2.45) is 0 Å². The normalized spacial score (nSPS) is 29.2. The van der Waals surface area contributed by atoms with Crippen LogP contribution in [-0.4, -0.2) is 24.8 Å². The number of nitrogens with one attached hydrogen (secondary N) is 1. The Balaban J connectivity index is 1.73. The molecule has 92 valence electrons. The van der Waals surface area contributed by atoms with Gasteiger partial charge in [-0.1, -0.05) is 25.0 Å². The van der Waals surface area contributed by atoms with Crippen molar-refractivity contribution < 1.29 is 4.74 Å². The molecule has 0 aromatic rings. The van der Waals surface area contributed by atoms with Crippen LogP contribution in [-0.2, 0) is 4.74 Å². The molecule has 1 atom stereocenters. The maximum absolute atomic E-state index is 6.03. The van der Waals surface area contributed by atoms with E-state index >= 15 is 0 Å². The fraction of sp³-hybridized carbons (Fsp3) is 0.857. The van der Waals surface area contributed by atoms with Crippen LogP contribution in [0.3, 0.4) is 0 Å². The number of hydrogen-bond donors (Lipinski definition) is 1. The first-order valence-electron chi connectivity index (χ1n) is 6.83. The van der Waals surface area contributed by atoms with Crippen molar-refractivity contribution in [1.29, 1.82) is 0 Å². The van der Waals surface area contributed by atoms with Gasteiger partial charge in [0.15, 0.2) is 0 Å². The van der Waals surface area contributed by atoms with Gasteiger partial charge in [0.1, 0.15) is 0 Å². The van der Waals surface area contributed by atoms with Crippen LogP contribution in [0.15, 0.2) is 12.2 Å². The summed E-state index contributed by atoms with van der Waals surface area (Å²) in [7, 11) is 0. The van der Waals surface area contributed by atoms with Crippen molar-refractivity contribution >= 4 is 0 Å². The molecule has 2 heteroatoms. The van der Waals surface area contributed by atoms with Crippen LogP contribution in [0.1, 0.15) is 51.9 Å². The highest BCUT2D eigenvalue weighted by atomic mass is 16.5. The molecular weight excluding hydrogens is 198 g/mol. The molecule has 1 aliphatic heterocycles. The van der Waals surface area contributed by atoms with E-state index in [-0.39, 0.29) is 5.60 Å². The smallest absolute Gasteiger partial charge is 0.0697 e. The molecule has 2 rings (SSSR count). The third-order valence-corrected chi connectivity index (χ3v) is 3.99. The van der Waals surface area contributed by atoms with E-state index in [1.54, 1.807) is 0 Å². The van der Waals surface area contributed by atoms with Crippen molar-refractivity contribution in [2.75, 3.05) is 13.2 Å². The minimum Gasteiger partial charge on any atom is -0.375 e. The van der Waals surface area contributed by atoms with Crippen molar-refractivity contribution in [3.8, 4) is 0 Å². The van der Waals surface area contributed by atoms with Gasteiger partial charge in [0.25, 0.3) is 0 Å². The molecule has 0 aromatic heterocycles. The third kappa shape index (κ3) is 3.08. The number of allylic oxidation sites excluding steroid dienone is 1. The molecule has 2 fully saturated rings. The van der Waals surface area contributed by atoms with E-state index in [2.05, 4.69) is 24.4 Å². The molecule has 1 saturated carbocycles. The Morgan fingerprint density at radius 1 is 1.38 bits per heavy atom. The van der Waals surface area contributed by atoms with Gasteiger partial charge in [-0.2, -0.15) is 0 Å². The van der Waals surface area contributed by atoms with Gasteiger partial charge in [-0.05, 0) is 45.6 Å². The monoisotopic (exact) mass is 223 g/mol. The lowest BCUT2D eigenvalue weighted by Gasteiger charge is -2.38. The zero-order valence-corrected chi connectivity index (χ0v) is 10.5. The molecule has 0 aromatic carbocycles. The molecule has 1 heterocycles. The molecule has 2 aliphatic rings. The van der Waals surface area contributed by atoms with Gasteiger partial charge in [0, 0.05) is 12.6 Å². The largest absolute Gasteiger partial charge is 0.375 e. The Morgan fingerprint density at radius 3 is 2.94 bits per heavy atom. The van der Waals surface area contributed by atoms with Crippen molar-refractivity contribution in [3.05, 3.63) is 12.2 Å². The second-order valence-electron chi connectivity index (χ2n) is 5.24. The molecule has 1 saturated heterocycles. The third-order valence-electron chi connectivity index (χ3n) is 3.99. The predicted octanol–water partition coefficient (Wildman–Crippen LogP) is 3.03. The SMILES string of the molecule is C/C=C/CCNC1CCOC2(CCCC2)C1. The van der Waals surface area contributed by atoms with Crippen LogP contribution in [0, 0.1) is 0 Å². The van der Waals surface area contributed by atoms with E-state index in [0.29, 0.717) is 6.04 Å². The van der Waals surface area contributed by atoms with Crippen LogP contribution >= 0.6 is 0 Å². The van der Waals surface area contributed by atoms with E-state index in [1.165, 1.54) is 38.5 Å². The predicted molar refractivity (Wildman–Crippen MR) is 67.6 cm³/mol. The standard InChI is InChI=1S/C14H25NO/c1-2-3-6-10-15-13-7-11-16-14(12-13)8-4-5-9-14/h2-3,13,15H,4-12H2,1H3/b3-2+. The summed E-state index contributed by atoms with van der Waals surface area (Å²) in [4.78, 5) is 0. The highest BCUT2D eigenvalue weighted by Gasteiger charge is 2.39. The highest BCUT2D eigenvalue weighted by molar-refractivity contribution is 4.93. The second kappa shape index (κ2) is 5.83. The molecular formula is C14H25NO. The number of ether oxygens (including phenoxy) is 1. The molecule has 0 bridgehead atoms. The lowest BCUT2D eigenvalue weighted by atomic mass is 9.89. The Kier molecular flexibility index (Phi) is 4.42. The maximum Gasteiger partial charge on any atom is 0.0697 e. The first-order valence-corrected chi connectivity index (χ1v) is 6.83. The maximum atomic E-state index is 6.03. The Hall–Kier alpha value is -0.340. The van der Waals surface area contributed by atoms with Crippen LogP contribution in [0.4, 0.5) is 0 Å². The first-order chi connectivity index (χ1) is 7.85. The van der Waals surface area contributed by atoms with E-state index in [4.69, 9.17) is 4.74 Å². The number of hydrogen-bond acceptors (Lipinski definition) is 2. The van der Waals surface area contributed by atoms with Gasteiger partial charge in [-0.15, -0.1) is 0 Å². The minimum absolute atomic E-state index is 0.260. The van der Waals surface area contributed by atoms with Crippen molar-refractivity contribution in [2.45, 2.75) is 63.5 Å². The van der Waals surface area contributed by atoms with Crippen molar-refractivity contribution in [3.63, 3.8) is 0 Å². The molecule has 2 nitrogen and oxygen atoms in total. The van der Waals surface area contributed by atoms with Gasteiger partial charge in [0.05, 0.1) is 5.60 Å². The molecule has 1 unspecified atom stereocenters. The van der Waals surface area contributed by atoms with Gasteiger partial charge >= 0.3 is 0 Å². The molecule has 1 spiro atoms. The van der Waals surface area contributed by atoms with E-state index < -0.39 is 0 Å². The average molecular weight is 223 g/mol. The average Bonchev–Trinajstić information content (AvgIpc) is 2.73. The van der Waals surface area contributed by atoms with Gasteiger partial charge < -0.3 is 10.1 Å². The summed E-state index contributed by atoms with van der Waals surface area (Å²) >= 11 is 0. The summed E-state index contributed by atoms with van der Waals surface area (Å²) in [6.07, 6.45) is 13.3. The molecule has 16 heavy (non-hydrogen) atoms. The first kappa shape index (κ1) is 12.1. The van der Waals surface area contributed by atoms with E-state index in [9.17, 15) is 0 Å². The van der Waals surface area contributed by atoms with Crippen LogP contribution < -0.4 is 5.32 Å². The Bertz CT molecular complexity index is 231. The highest BCUT2D eigenvalue weighted by Crippen LogP contribution is 2.39. The number of rotatable bonds is 4. The van der Waals surface area contributed by atoms with Crippen LogP contribution in [0.25, 0.3) is 0 Å². The topological polar surface area (TPSA) is 21.3 Å². The minimum atomic E-state index is 0.260. The summed E-state index contributed by atoms with van der Waals surface area (Å²) in [5.74, 6) is 0.